The van der Waals surface area contributed by atoms with Gasteiger partial charge in [0.1, 0.15) is 0 Å². The number of halogens is 1. The molecule has 106 valence electrons. The summed E-state index contributed by atoms with van der Waals surface area (Å²) in [5.74, 6) is 0. The Bertz CT molecular complexity index is 380. The number of hydrogen-bond acceptors (Lipinski definition) is 3. The SMILES string of the molecule is CCCNC(CCC1CCCO1)c1ccncc1Cl. The van der Waals surface area contributed by atoms with Crippen LogP contribution in [0.15, 0.2) is 18.5 Å². The van der Waals surface area contributed by atoms with Gasteiger partial charge in [-0.3, -0.25) is 4.98 Å². The zero-order chi connectivity index (χ0) is 13.5. The zero-order valence-electron chi connectivity index (χ0n) is 11.6. The van der Waals surface area contributed by atoms with Crippen LogP contribution in [0, 0.1) is 0 Å². The minimum absolute atomic E-state index is 0.305. The highest BCUT2D eigenvalue weighted by molar-refractivity contribution is 6.31. The van der Waals surface area contributed by atoms with E-state index in [1.54, 1.807) is 6.20 Å². The highest BCUT2D eigenvalue weighted by Gasteiger charge is 2.19. The van der Waals surface area contributed by atoms with Gasteiger partial charge in [0, 0.05) is 25.0 Å². The van der Waals surface area contributed by atoms with Gasteiger partial charge < -0.3 is 10.1 Å². The number of nitrogens with zero attached hydrogens (tertiary/aromatic N) is 1. The van der Waals surface area contributed by atoms with Crippen molar-refractivity contribution in [2.75, 3.05) is 13.2 Å². The lowest BCUT2D eigenvalue weighted by Crippen LogP contribution is -2.24. The van der Waals surface area contributed by atoms with Crippen LogP contribution in [0.3, 0.4) is 0 Å². The second-order valence-electron chi connectivity index (χ2n) is 5.12. The summed E-state index contributed by atoms with van der Waals surface area (Å²) in [4.78, 5) is 4.06. The first-order chi connectivity index (χ1) is 9.31. The molecule has 0 spiro atoms. The van der Waals surface area contributed by atoms with Crippen LogP contribution in [0.25, 0.3) is 0 Å². The van der Waals surface area contributed by atoms with E-state index in [4.69, 9.17) is 16.3 Å². The minimum Gasteiger partial charge on any atom is -0.378 e. The van der Waals surface area contributed by atoms with E-state index >= 15 is 0 Å². The van der Waals surface area contributed by atoms with Gasteiger partial charge in [0.05, 0.1) is 11.1 Å². The Labute approximate surface area is 120 Å². The maximum absolute atomic E-state index is 6.26. The summed E-state index contributed by atoms with van der Waals surface area (Å²) in [6.45, 7) is 4.11. The molecule has 1 aliphatic heterocycles. The van der Waals surface area contributed by atoms with Gasteiger partial charge in [0.15, 0.2) is 0 Å². The summed E-state index contributed by atoms with van der Waals surface area (Å²) in [6.07, 6.45) is 9.66. The van der Waals surface area contributed by atoms with Crippen LogP contribution in [0.2, 0.25) is 5.02 Å². The predicted molar refractivity (Wildman–Crippen MR) is 78.5 cm³/mol. The molecular weight excluding hydrogens is 260 g/mol. The molecule has 19 heavy (non-hydrogen) atoms. The van der Waals surface area contributed by atoms with Gasteiger partial charge in [-0.25, -0.2) is 0 Å². The summed E-state index contributed by atoms with van der Waals surface area (Å²) < 4.78 is 5.70. The molecule has 1 aliphatic rings. The van der Waals surface area contributed by atoms with Crippen LogP contribution in [0.4, 0.5) is 0 Å². The molecule has 0 radical (unpaired) electrons. The van der Waals surface area contributed by atoms with Gasteiger partial charge in [-0.2, -0.15) is 0 Å². The smallest absolute Gasteiger partial charge is 0.0637 e. The quantitative estimate of drug-likeness (QED) is 0.827. The van der Waals surface area contributed by atoms with Gasteiger partial charge in [-0.1, -0.05) is 18.5 Å². The molecule has 0 bridgehead atoms. The first-order valence-corrected chi connectivity index (χ1v) is 7.63. The zero-order valence-corrected chi connectivity index (χ0v) is 12.3. The van der Waals surface area contributed by atoms with Crippen molar-refractivity contribution in [2.24, 2.45) is 0 Å². The van der Waals surface area contributed by atoms with E-state index in [0.717, 1.165) is 43.0 Å². The first kappa shape index (κ1) is 14.8. The topological polar surface area (TPSA) is 34.1 Å². The fourth-order valence-electron chi connectivity index (χ4n) is 2.58. The number of pyridine rings is 1. The summed E-state index contributed by atoms with van der Waals surface area (Å²) >= 11 is 6.26. The Kier molecular flexibility index (Phi) is 6.08. The lowest BCUT2D eigenvalue weighted by atomic mass is 10.00. The van der Waals surface area contributed by atoms with Crippen LogP contribution in [0.5, 0.6) is 0 Å². The fraction of sp³-hybridized carbons (Fsp3) is 0.667. The van der Waals surface area contributed by atoms with E-state index in [2.05, 4.69) is 17.2 Å². The third-order valence-electron chi connectivity index (χ3n) is 3.62. The molecule has 3 nitrogen and oxygen atoms in total. The standard InChI is InChI=1S/C15H23ClN2O/c1-2-8-18-15(6-5-12-4-3-10-19-12)13-7-9-17-11-14(13)16/h7,9,11-12,15,18H,2-6,8,10H2,1H3. The minimum atomic E-state index is 0.305. The third kappa shape index (κ3) is 4.44. The van der Waals surface area contributed by atoms with Gasteiger partial charge in [-0.05, 0) is 50.3 Å². The molecule has 2 heterocycles. The summed E-state index contributed by atoms with van der Waals surface area (Å²) in [7, 11) is 0. The summed E-state index contributed by atoms with van der Waals surface area (Å²) in [5, 5.41) is 4.34. The number of ether oxygens (including phenoxy) is 1. The van der Waals surface area contributed by atoms with Gasteiger partial charge in [0.2, 0.25) is 0 Å². The third-order valence-corrected chi connectivity index (χ3v) is 3.94. The molecule has 0 saturated carbocycles. The van der Waals surface area contributed by atoms with Gasteiger partial charge in [0.25, 0.3) is 0 Å². The van der Waals surface area contributed by atoms with Crippen LogP contribution in [-0.4, -0.2) is 24.2 Å². The molecule has 1 aromatic heterocycles. The van der Waals surface area contributed by atoms with Crippen molar-refractivity contribution < 1.29 is 4.74 Å². The van der Waals surface area contributed by atoms with Crippen molar-refractivity contribution in [3.63, 3.8) is 0 Å². The predicted octanol–water partition coefficient (Wildman–Crippen LogP) is 3.73. The Morgan fingerprint density at radius 1 is 1.58 bits per heavy atom. The number of aromatic nitrogens is 1. The van der Waals surface area contributed by atoms with Crippen molar-refractivity contribution in [3.8, 4) is 0 Å². The molecule has 0 amide bonds. The maximum atomic E-state index is 6.26. The lowest BCUT2D eigenvalue weighted by molar-refractivity contribution is 0.0996. The van der Waals surface area contributed by atoms with Crippen molar-refractivity contribution in [1.29, 1.82) is 0 Å². The molecular formula is C15H23ClN2O. The van der Waals surface area contributed by atoms with Crippen LogP contribution < -0.4 is 5.32 Å². The molecule has 4 heteroatoms. The lowest BCUT2D eigenvalue weighted by Gasteiger charge is -2.21. The van der Waals surface area contributed by atoms with E-state index < -0.39 is 0 Å². The van der Waals surface area contributed by atoms with Crippen LogP contribution >= 0.6 is 11.6 Å². The van der Waals surface area contributed by atoms with E-state index in [0.29, 0.717) is 12.1 Å². The van der Waals surface area contributed by atoms with Crippen molar-refractivity contribution in [2.45, 2.75) is 51.2 Å². The van der Waals surface area contributed by atoms with E-state index in [1.165, 1.54) is 12.8 Å². The maximum Gasteiger partial charge on any atom is 0.0637 e. The Morgan fingerprint density at radius 3 is 3.16 bits per heavy atom. The highest BCUT2D eigenvalue weighted by Crippen LogP contribution is 2.28. The average Bonchev–Trinajstić information content (AvgIpc) is 2.93. The average molecular weight is 283 g/mol. The van der Waals surface area contributed by atoms with Gasteiger partial charge in [-0.15, -0.1) is 0 Å². The van der Waals surface area contributed by atoms with E-state index in [9.17, 15) is 0 Å². The first-order valence-electron chi connectivity index (χ1n) is 7.25. The molecule has 0 aliphatic carbocycles. The Morgan fingerprint density at radius 2 is 2.47 bits per heavy atom. The van der Waals surface area contributed by atoms with Crippen molar-refractivity contribution in [3.05, 3.63) is 29.0 Å². The molecule has 1 N–H and O–H groups in total. The van der Waals surface area contributed by atoms with Crippen molar-refractivity contribution in [1.82, 2.24) is 10.3 Å². The Balaban J connectivity index is 1.96. The second kappa shape index (κ2) is 7.83. The van der Waals surface area contributed by atoms with E-state index in [1.807, 2.05) is 12.3 Å². The molecule has 0 aromatic carbocycles. The highest BCUT2D eigenvalue weighted by atomic mass is 35.5. The fourth-order valence-corrected chi connectivity index (χ4v) is 2.83. The Hall–Kier alpha value is -0.640. The number of hydrogen-bond donors (Lipinski definition) is 1. The van der Waals surface area contributed by atoms with Crippen molar-refractivity contribution >= 4 is 11.6 Å². The number of rotatable bonds is 7. The molecule has 2 unspecified atom stereocenters. The van der Waals surface area contributed by atoms with Crippen LogP contribution in [0.1, 0.15) is 50.6 Å². The largest absolute Gasteiger partial charge is 0.378 e. The number of nitrogens with one attached hydrogen (secondary N) is 1. The van der Waals surface area contributed by atoms with E-state index in [-0.39, 0.29) is 0 Å². The summed E-state index contributed by atoms with van der Waals surface area (Å²) in [5.41, 5.74) is 1.16. The molecule has 2 rings (SSSR count). The molecule has 2 atom stereocenters. The van der Waals surface area contributed by atoms with Crippen LogP contribution in [-0.2, 0) is 4.74 Å². The molecule has 1 aromatic rings. The van der Waals surface area contributed by atoms with Gasteiger partial charge >= 0.3 is 0 Å². The molecule has 1 saturated heterocycles. The molecule has 1 fully saturated rings. The summed E-state index contributed by atoms with van der Waals surface area (Å²) in [6, 6.07) is 2.32. The monoisotopic (exact) mass is 282 g/mol. The second-order valence-corrected chi connectivity index (χ2v) is 5.52. The normalized spacial score (nSPS) is 20.6.